The van der Waals surface area contributed by atoms with Gasteiger partial charge in [-0.15, -0.1) is 0 Å². The first-order chi connectivity index (χ1) is 13.1. The Labute approximate surface area is 168 Å². The Bertz CT molecular complexity index is 714. The van der Waals surface area contributed by atoms with Gasteiger partial charge in [0, 0.05) is 42.4 Å². The number of guanidine groups is 1. The maximum atomic E-state index is 11.9. The van der Waals surface area contributed by atoms with Crippen LogP contribution in [-0.2, 0) is 15.0 Å². The number of imide groups is 1. The summed E-state index contributed by atoms with van der Waals surface area (Å²) < 4.78 is 1.14. The van der Waals surface area contributed by atoms with Gasteiger partial charge in [0.1, 0.15) is 0 Å². The van der Waals surface area contributed by atoms with Crippen LogP contribution < -0.4 is 10.6 Å². The lowest BCUT2D eigenvalue weighted by Gasteiger charge is -2.25. The third kappa shape index (κ3) is 4.89. The Kier molecular flexibility index (Phi) is 6.52. The number of nitrogens with one attached hydrogen (secondary N) is 2. The molecule has 0 unspecified atom stereocenters. The van der Waals surface area contributed by atoms with E-state index < -0.39 is 0 Å². The van der Waals surface area contributed by atoms with Crippen LogP contribution in [0.2, 0.25) is 0 Å². The number of hydrogen-bond donors (Lipinski definition) is 2. The highest BCUT2D eigenvalue weighted by Crippen LogP contribution is 2.50. The van der Waals surface area contributed by atoms with Crippen LogP contribution in [0.25, 0.3) is 0 Å². The maximum Gasteiger partial charge on any atom is 0.229 e. The van der Waals surface area contributed by atoms with Crippen LogP contribution in [0.15, 0.2) is 33.7 Å². The largest absolute Gasteiger partial charge is 0.357 e. The fourth-order valence-corrected chi connectivity index (χ4v) is 4.17. The van der Waals surface area contributed by atoms with E-state index in [2.05, 4.69) is 44.8 Å². The first-order valence-corrected chi connectivity index (χ1v) is 10.5. The van der Waals surface area contributed by atoms with Crippen LogP contribution >= 0.6 is 15.9 Å². The summed E-state index contributed by atoms with van der Waals surface area (Å²) in [5.41, 5.74) is 1.43. The molecule has 2 amide bonds. The lowest BCUT2D eigenvalue weighted by Crippen LogP contribution is -2.46. The van der Waals surface area contributed by atoms with Crippen molar-refractivity contribution in [3.8, 4) is 0 Å². The Morgan fingerprint density at radius 3 is 2.52 bits per heavy atom. The van der Waals surface area contributed by atoms with Crippen molar-refractivity contribution in [2.24, 2.45) is 4.99 Å². The number of nitrogens with zero attached hydrogens (tertiary/aromatic N) is 2. The summed E-state index contributed by atoms with van der Waals surface area (Å²) in [7, 11) is 0. The first-order valence-electron chi connectivity index (χ1n) is 9.66. The summed E-state index contributed by atoms with van der Waals surface area (Å²) in [5, 5.41) is 6.50. The van der Waals surface area contributed by atoms with E-state index in [9.17, 15) is 9.59 Å². The highest BCUT2D eigenvalue weighted by molar-refractivity contribution is 9.10. The number of benzene rings is 1. The van der Waals surface area contributed by atoms with Crippen molar-refractivity contribution in [3.63, 3.8) is 0 Å². The topological polar surface area (TPSA) is 73.8 Å². The van der Waals surface area contributed by atoms with Crippen LogP contribution in [-0.4, -0.2) is 48.9 Å². The minimum atomic E-state index is -0.0687. The van der Waals surface area contributed by atoms with Crippen LogP contribution in [0.5, 0.6) is 0 Å². The molecule has 146 valence electrons. The molecule has 1 aromatic carbocycles. The minimum Gasteiger partial charge on any atom is -0.357 e. The smallest absolute Gasteiger partial charge is 0.229 e. The fourth-order valence-electron chi connectivity index (χ4n) is 3.46. The summed E-state index contributed by atoms with van der Waals surface area (Å²) in [6.45, 7) is 4.39. The van der Waals surface area contributed by atoms with E-state index in [0.717, 1.165) is 29.8 Å². The molecule has 2 aliphatic rings. The van der Waals surface area contributed by atoms with Gasteiger partial charge in [0.05, 0.1) is 6.54 Å². The van der Waals surface area contributed by atoms with Gasteiger partial charge in [-0.3, -0.25) is 19.5 Å². The summed E-state index contributed by atoms with van der Waals surface area (Å²) in [6, 6.07) is 8.34. The Morgan fingerprint density at radius 2 is 1.89 bits per heavy atom. The zero-order chi connectivity index (χ0) is 19.3. The van der Waals surface area contributed by atoms with Gasteiger partial charge in [-0.25, -0.2) is 0 Å². The number of carbonyl (C=O) groups excluding carboxylic acids is 2. The zero-order valence-corrected chi connectivity index (χ0v) is 17.3. The van der Waals surface area contributed by atoms with Gasteiger partial charge < -0.3 is 10.6 Å². The molecule has 1 aliphatic heterocycles. The molecule has 0 aromatic heterocycles. The van der Waals surface area contributed by atoms with Crippen LogP contribution in [0.1, 0.15) is 44.6 Å². The molecule has 1 aromatic rings. The van der Waals surface area contributed by atoms with Gasteiger partial charge in [-0.1, -0.05) is 34.1 Å². The molecule has 0 radical (unpaired) electrons. The van der Waals surface area contributed by atoms with Crippen LogP contribution in [0.3, 0.4) is 0 Å². The van der Waals surface area contributed by atoms with Gasteiger partial charge in [0.2, 0.25) is 11.8 Å². The van der Waals surface area contributed by atoms with Gasteiger partial charge >= 0.3 is 0 Å². The molecule has 6 nitrogen and oxygen atoms in total. The lowest BCUT2D eigenvalue weighted by atomic mass is 9.96. The van der Waals surface area contributed by atoms with Crippen molar-refractivity contribution >= 4 is 33.7 Å². The summed E-state index contributed by atoms with van der Waals surface area (Å²) in [5.74, 6) is 0.592. The van der Waals surface area contributed by atoms with Gasteiger partial charge in [0.25, 0.3) is 0 Å². The van der Waals surface area contributed by atoms with Gasteiger partial charge in [-0.2, -0.15) is 0 Å². The van der Waals surface area contributed by atoms with E-state index in [1.54, 1.807) is 0 Å². The molecule has 1 saturated heterocycles. The van der Waals surface area contributed by atoms with E-state index in [4.69, 9.17) is 4.99 Å². The second kappa shape index (κ2) is 8.87. The molecule has 7 heteroatoms. The summed E-state index contributed by atoms with van der Waals surface area (Å²) >= 11 is 3.66. The van der Waals surface area contributed by atoms with E-state index in [1.807, 2.05) is 13.0 Å². The average molecular weight is 435 g/mol. The van der Waals surface area contributed by atoms with Gasteiger partial charge in [-0.05, 0) is 37.8 Å². The molecule has 0 spiro atoms. The predicted molar refractivity (Wildman–Crippen MR) is 110 cm³/mol. The number of amides is 2. The fraction of sp³-hybridized carbons (Fsp3) is 0.550. The molecule has 2 fully saturated rings. The standard InChI is InChI=1S/C20H27BrN4O2/c1-2-22-19(23-12-13-25-17(26)8-5-9-18(25)27)24-14-20(10-11-20)15-6-3-4-7-16(15)21/h3-4,6-7H,2,5,8-14H2,1H3,(H2,22,23,24). The number of piperidine rings is 1. The highest BCUT2D eigenvalue weighted by atomic mass is 79.9. The molecule has 0 atom stereocenters. The quantitative estimate of drug-likeness (QED) is 0.392. The second-order valence-corrected chi connectivity index (χ2v) is 8.03. The van der Waals surface area contributed by atoms with Crippen molar-refractivity contribution in [2.45, 2.75) is 44.4 Å². The molecule has 0 bridgehead atoms. The monoisotopic (exact) mass is 434 g/mol. The third-order valence-corrected chi connectivity index (χ3v) is 5.89. The zero-order valence-electron chi connectivity index (χ0n) is 15.8. The van der Waals surface area contributed by atoms with Gasteiger partial charge in [0.15, 0.2) is 5.96 Å². The number of carbonyl (C=O) groups is 2. The average Bonchev–Trinajstić information content (AvgIpc) is 3.43. The minimum absolute atomic E-state index is 0.0687. The molecule has 1 heterocycles. The van der Waals surface area contributed by atoms with E-state index >= 15 is 0 Å². The Morgan fingerprint density at radius 1 is 1.19 bits per heavy atom. The third-order valence-electron chi connectivity index (χ3n) is 5.19. The lowest BCUT2D eigenvalue weighted by molar-refractivity contribution is -0.147. The Balaban J connectivity index is 1.58. The van der Waals surface area contributed by atoms with Crippen LogP contribution in [0, 0.1) is 0 Å². The van der Waals surface area contributed by atoms with E-state index in [1.165, 1.54) is 10.5 Å². The molecule has 1 aliphatic carbocycles. The number of likely N-dealkylation sites (tertiary alicyclic amines) is 1. The van der Waals surface area contributed by atoms with Crippen molar-refractivity contribution in [1.29, 1.82) is 0 Å². The first kappa shape index (κ1) is 19.9. The van der Waals surface area contributed by atoms with E-state index in [0.29, 0.717) is 38.9 Å². The normalized spacial score (nSPS) is 19.2. The molecule has 3 rings (SSSR count). The molecular formula is C20H27BrN4O2. The number of aliphatic imine (C=N–C) groups is 1. The number of hydrogen-bond acceptors (Lipinski definition) is 3. The predicted octanol–water partition coefficient (Wildman–Crippen LogP) is 2.57. The number of halogens is 1. The Hall–Kier alpha value is -1.89. The summed E-state index contributed by atoms with van der Waals surface area (Å²) in [4.78, 5) is 29.9. The summed E-state index contributed by atoms with van der Waals surface area (Å²) in [6.07, 6.45) is 3.87. The van der Waals surface area contributed by atoms with Crippen LogP contribution in [0.4, 0.5) is 0 Å². The SMILES string of the molecule is CCNC(=NCC1(c2ccccc2Br)CC1)NCCN1C(=O)CCCC1=O. The number of rotatable bonds is 7. The molecule has 1 saturated carbocycles. The van der Waals surface area contributed by atoms with Crippen molar-refractivity contribution in [1.82, 2.24) is 15.5 Å². The van der Waals surface area contributed by atoms with Crippen molar-refractivity contribution in [2.75, 3.05) is 26.2 Å². The molecule has 2 N–H and O–H groups in total. The molecule has 27 heavy (non-hydrogen) atoms. The maximum absolute atomic E-state index is 11.9. The molecular weight excluding hydrogens is 408 g/mol. The highest BCUT2D eigenvalue weighted by Gasteiger charge is 2.45. The second-order valence-electron chi connectivity index (χ2n) is 7.17. The van der Waals surface area contributed by atoms with Crippen molar-refractivity contribution in [3.05, 3.63) is 34.3 Å². The van der Waals surface area contributed by atoms with Crippen molar-refractivity contribution < 1.29 is 9.59 Å². The van der Waals surface area contributed by atoms with E-state index in [-0.39, 0.29) is 17.2 Å².